The van der Waals surface area contributed by atoms with E-state index in [1.807, 2.05) is 60.7 Å². The van der Waals surface area contributed by atoms with E-state index in [1.54, 1.807) is 0 Å². The van der Waals surface area contributed by atoms with Crippen molar-refractivity contribution in [3.8, 4) is 56.4 Å². The van der Waals surface area contributed by atoms with Crippen LogP contribution < -0.4 is 4.90 Å². The summed E-state index contributed by atoms with van der Waals surface area (Å²) in [4.78, 5) is 23.2. The highest BCUT2D eigenvalue weighted by Crippen LogP contribution is 2.52. The molecule has 14 aromatic rings. The third kappa shape index (κ3) is 6.39. The molecule has 0 radical (unpaired) electrons. The molecular weight excluding hydrogens is 903 g/mol. The van der Waals surface area contributed by atoms with Crippen molar-refractivity contribution >= 4 is 72.0 Å². The average Bonchev–Trinajstić information content (AvgIpc) is 3.98. The first-order valence-corrected chi connectivity index (χ1v) is 25.2. The Hall–Kier alpha value is -9.72. The number of aromatic nitrogens is 6. The number of nitrogens with zero attached hydrogens (tertiary/aromatic N) is 7. The lowest BCUT2D eigenvalue weighted by Gasteiger charge is -2.42. The molecule has 1 aliphatic rings. The SMILES string of the molecule is CC1(C)c2ccccc2N(c2cccc(-c3ccc4c(c3)nc3n4c4ccccc4c4cc(-c5cccc(-c6nc(-c7ccccc7)nc(-c7ccccc7)n6)c5)cc5c6ccccc6n3c45)c2)c2ccccc21. The average molecular weight is 948 g/mol. The molecule has 0 unspecified atom stereocenters. The van der Waals surface area contributed by atoms with Gasteiger partial charge in [0.1, 0.15) is 0 Å². The third-order valence-corrected chi connectivity index (χ3v) is 15.3. The number of para-hydroxylation sites is 4. The second-order valence-corrected chi connectivity index (χ2v) is 19.9. The van der Waals surface area contributed by atoms with E-state index in [2.05, 4.69) is 203 Å². The summed E-state index contributed by atoms with van der Waals surface area (Å²) in [7, 11) is 0. The van der Waals surface area contributed by atoms with Crippen LogP contribution in [0.25, 0.3) is 111 Å². The summed E-state index contributed by atoms with van der Waals surface area (Å²) in [6.45, 7) is 4.66. The van der Waals surface area contributed by atoms with Crippen molar-refractivity contribution in [1.29, 1.82) is 0 Å². The fourth-order valence-corrected chi connectivity index (χ4v) is 11.8. The van der Waals surface area contributed by atoms with E-state index >= 15 is 0 Å². The third-order valence-electron chi connectivity index (χ3n) is 15.3. The highest BCUT2D eigenvalue weighted by Gasteiger charge is 2.36. The minimum Gasteiger partial charge on any atom is -0.310 e. The van der Waals surface area contributed by atoms with Crippen LogP contribution in [0.1, 0.15) is 25.0 Å². The number of anilines is 3. The van der Waals surface area contributed by atoms with Gasteiger partial charge in [-0.1, -0.05) is 184 Å². The second kappa shape index (κ2) is 16.2. The van der Waals surface area contributed by atoms with Crippen LogP contribution in [0.3, 0.4) is 0 Å². The van der Waals surface area contributed by atoms with Gasteiger partial charge in [0.05, 0.1) is 39.0 Å². The van der Waals surface area contributed by atoms with Crippen molar-refractivity contribution in [2.24, 2.45) is 0 Å². The Morgan fingerprint density at radius 3 is 1.45 bits per heavy atom. The molecule has 0 fully saturated rings. The fourth-order valence-electron chi connectivity index (χ4n) is 11.8. The predicted molar refractivity (Wildman–Crippen MR) is 304 cm³/mol. The van der Waals surface area contributed by atoms with Gasteiger partial charge in [0, 0.05) is 49.3 Å². The molecule has 4 aromatic heterocycles. The highest BCUT2D eigenvalue weighted by atomic mass is 15.2. The molecular formula is C67H45N7. The van der Waals surface area contributed by atoms with E-state index < -0.39 is 0 Å². The van der Waals surface area contributed by atoms with Gasteiger partial charge in [-0.15, -0.1) is 0 Å². The van der Waals surface area contributed by atoms with Crippen LogP contribution in [-0.2, 0) is 5.41 Å². The van der Waals surface area contributed by atoms with Crippen LogP contribution in [0, 0.1) is 0 Å². The van der Waals surface area contributed by atoms with Gasteiger partial charge < -0.3 is 4.90 Å². The molecule has 0 N–H and O–H groups in total. The Morgan fingerprint density at radius 1 is 0.324 bits per heavy atom. The zero-order chi connectivity index (χ0) is 49.1. The van der Waals surface area contributed by atoms with Gasteiger partial charge in [0.15, 0.2) is 17.5 Å². The van der Waals surface area contributed by atoms with E-state index in [-0.39, 0.29) is 5.41 Å². The van der Waals surface area contributed by atoms with Crippen LogP contribution >= 0.6 is 0 Å². The molecule has 74 heavy (non-hydrogen) atoms. The van der Waals surface area contributed by atoms with E-state index in [1.165, 1.54) is 27.9 Å². The smallest absolute Gasteiger partial charge is 0.220 e. The van der Waals surface area contributed by atoms with Gasteiger partial charge in [-0.3, -0.25) is 8.80 Å². The fraction of sp³-hybridized carbons (Fsp3) is 0.0448. The van der Waals surface area contributed by atoms with Crippen LogP contribution in [0.4, 0.5) is 17.1 Å². The molecule has 0 aliphatic carbocycles. The summed E-state index contributed by atoms with van der Waals surface area (Å²) in [5, 5.41) is 4.61. The predicted octanol–water partition coefficient (Wildman–Crippen LogP) is 16.8. The van der Waals surface area contributed by atoms with E-state index in [0.717, 1.165) is 94.2 Å². The monoisotopic (exact) mass is 947 g/mol. The molecule has 0 spiro atoms. The first-order chi connectivity index (χ1) is 36.4. The number of hydrogen-bond acceptors (Lipinski definition) is 5. The van der Waals surface area contributed by atoms with Crippen molar-refractivity contribution in [1.82, 2.24) is 28.7 Å². The Morgan fingerprint density at radius 2 is 0.811 bits per heavy atom. The maximum Gasteiger partial charge on any atom is 0.220 e. The molecule has 1 aliphatic heterocycles. The summed E-state index contributed by atoms with van der Waals surface area (Å²) in [6.07, 6.45) is 0. The molecule has 0 amide bonds. The maximum atomic E-state index is 5.61. The summed E-state index contributed by atoms with van der Waals surface area (Å²) < 4.78 is 4.74. The number of rotatable bonds is 6. The first-order valence-electron chi connectivity index (χ1n) is 25.2. The molecule has 10 aromatic carbocycles. The van der Waals surface area contributed by atoms with Crippen molar-refractivity contribution in [2.45, 2.75) is 19.3 Å². The van der Waals surface area contributed by atoms with Crippen LogP contribution in [-0.4, -0.2) is 28.7 Å². The molecule has 7 nitrogen and oxygen atoms in total. The van der Waals surface area contributed by atoms with Gasteiger partial charge in [-0.25, -0.2) is 19.9 Å². The van der Waals surface area contributed by atoms with Gasteiger partial charge in [-0.2, -0.15) is 0 Å². The van der Waals surface area contributed by atoms with Gasteiger partial charge >= 0.3 is 0 Å². The largest absolute Gasteiger partial charge is 0.310 e. The minimum atomic E-state index is -0.130. The number of imidazole rings is 1. The topological polar surface area (TPSA) is 63.6 Å². The molecule has 15 rings (SSSR count). The second-order valence-electron chi connectivity index (χ2n) is 19.9. The minimum absolute atomic E-state index is 0.130. The molecule has 0 atom stereocenters. The summed E-state index contributed by atoms with van der Waals surface area (Å²) in [5.74, 6) is 2.76. The Labute approximate surface area is 427 Å². The van der Waals surface area contributed by atoms with Crippen LogP contribution in [0.5, 0.6) is 0 Å². The molecule has 7 heteroatoms. The Kier molecular flexibility index (Phi) is 9.17. The Balaban J connectivity index is 0.900. The summed E-state index contributed by atoms with van der Waals surface area (Å²) in [6, 6.07) is 84.5. The van der Waals surface area contributed by atoms with Crippen molar-refractivity contribution in [3.63, 3.8) is 0 Å². The van der Waals surface area contributed by atoms with E-state index in [9.17, 15) is 0 Å². The van der Waals surface area contributed by atoms with Crippen LogP contribution in [0.15, 0.2) is 237 Å². The Bertz CT molecular complexity index is 4480. The first kappa shape index (κ1) is 42.0. The number of hydrogen-bond donors (Lipinski definition) is 0. The van der Waals surface area contributed by atoms with Gasteiger partial charge in [0.25, 0.3) is 0 Å². The zero-order valence-electron chi connectivity index (χ0n) is 40.6. The quantitative estimate of drug-likeness (QED) is 0.166. The molecule has 0 bridgehead atoms. The van der Waals surface area contributed by atoms with Crippen LogP contribution in [0.2, 0.25) is 0 Å². The van der Waals surface area contributed by atoms with Crippen molar-refractivity contribution in [2.75, 3.05) is 4.90 Å². The lowest BCUT2D eigenvalue weighted by Crippen LogP contribution is -2.30. The van der Waals surface area contributed by atoms with Gasteiger partial charge in [0.2, 0.25) is 5.78 Å². The molecule has 0 saturated carbocycles. The molecule has 0 saturated heterocycles. The lowest BCUT2D eigenvalue weighted by molar-refractivity contribution is 0.632. The number of benzene rings is 10. The molecule has 5 heterocycles. The lowest BCUT2D eigenvalue weighted by atomic mass is 9.73. The van der Waals surface area contributed by atoms with Crippen molar-refractivity contribution < 1.29 is 0 Å². The summed E-state index contributed by atoms with van der Waals surface area (Å²) >= 11 is 0. The van der Waals surface area contributed by atoms with E-state index in [4.69, 9.17) is 19.9 Å². The highest BCUT2D eigenvalue weighted by molar-refractivity contribution is 6.21. The normalized spacial score (nSPS) is 13.1. The van der Waals surface area contributed by atoms with Gasteiger partial charge in [-0.05, 0) is 100 Å². The standard InChI is InChI=1S/C67H45N7/c1-67(2)54-29-11-15-33-59(54)72(60-34-16-12-30-55(60)67)49-26-18-24-45(38-49)46-35-36-61-56(41-46)68-66-73(61)57-31-13-9-27-50(57)52-39-48(40-53-51-28-10-14-32-58(51)74(66)62(52)53)44-23-17-25-47(37-44)65-70-63(42-19-5-3-6-20-42)69-64(71-65)43-21-7-4-8-22-43/h3-41H,1-2H3. The molecule has 348 valence electrons. The number of fused-ring (bicyclic) bond motifs is 12. The van der Waals surface area contributed by atoms with Crippen molar-refractivity contribution in [3.05, 3.63) is 248 Å². The van der Waals surface area contributed by atoms with E-state index in [0.29, 0.717) is 17.5 Å². The summed E-state index contributed by atoms with van der Waals surface area (Å²) in [5.41, 5.74) is 18.5. The maximum absolute atomic E-state index is 5.61. The zero-order valence-corrected chi connectivity index (χ0v) is 40.6.